The monoisotopic (exact) mass is 295 g/mol. The Morgan fingerprint density at radius 3 is 2.64 bits per heavy atom. The molecule has 114 valence electrons. The lowest BCUT2D eigenvalue weighted by Gasteiger charge is -2.30. The molecule has 1 aliphatic rings. The van der Waals surface area contributed by atoms with Gasteiger partial charge in [-0.15, -0.1) is 0 Å². The summed E-state index contributed by atoms with van der Waals surface area (Å²) in [6, 6.07) is 12.3. The van der Waals surface area contributed by atoms with Crippen molar-refractivity contribution in [3.05, 3.63) is 47.5 Å². The van der Waals surface area contributed by atoms with Crippen LogP contribution in [0.25, 0.3) is 11.1 Å². The number of nitrogens with zero attached hydrogens (tertiary/aromatic N) is 1. The third kappa shape index (κ3) is 2.70. The van der Waals surface area contributed by atoms with Crippen molar-refractivity contribution in [3.8, 4) is 11.1 Å². The first-order valence-corrected chi connectivity index (χ1v) is 7.52. The summed E-state index contributed by atoms with van der Waals surface area (Å²) in [4.78, 5) is 13.8. The molecule has 0 atom stereocenters. The first-order valence-electron chi connectivity index (χ1n) is 7.52. The highest BCUT2D eigenvalue weighted by molar-refractivity contribution is 5.95. The number of amides is 1. The molecule has 22 heavy (non-hydrogen) atoms. The first-order chi connectivity index (χ1) is 10.6. The van der Waals surface area contributed by atoms with Crippen LogP contribution in [0.2, 0.25) is 0 Å². The van der Waals surface area contributed by atoms with Crippen molar-refractivity contribution in [2.45, 2.75) is 19.9 Å². The molecule has 1 heterocycles. The van der Waals surface area contributed by atoms with E-state index in [1.165, 1.54) is 23.6 Å². The van der Waals surface area contributed by atoms with E-state index < -0.39 is 0 Å². The molecular formula is C18H21N3O. The van der Waals surface area contributed by atoms with E-state index in [2.05, 4.69) is 29.4 Å². The lowest BCUT2D eigenvalue weighted by atomic mass is 9.88. The minimum atomic E-state index is -0.0883. The van der Waals surface area contributed by atoms with Crippen molar-refractivity contribution >= 4 is 17.3 Å². The van der Waals surface area contributed by atoms with Gasteiger partial charge in [-0.2, -0.15) is 0 Å². The average molecular weight is 295 g/mol. The van der Waals surface area contributed by atoms with Crippen molar-refractivity contribution in [1.29, 1.82) is 0 Å². The van der Waals surface area contributed by atoms with Crippen LogP contribution in [0.5, 0.6) is 0 Å². The number of hydrogen-bond donors (Lipinski definition) is 2. The Balaban J connectivity index is 2.20. The van der Waals surface area contributed by atoms with Gasteiger partial charge >= 0.3 is 0 Å². The molecule has 0 saturated heterocycles. The van der Waals surface area contributed by atoms with Gasteiger partial charge in [-0.05, 0) is 41.8 Å². The lowest BCUT2D eigenvalue weighted by molar-refractivity contribution is -0.114. The quantitative estimate of drug-likeness (QED) is 0.838. The number of carbonyl (C=O) groups is 1. The molecule has 0 radical (unpaired) electrons. The highest BCUT2D eigenvalue weighted by Crippen LogP contribution is 2.38. The number of nitrogens with two attached hydrogens (primary N) is 1. The van der Waals surface area contributed by atoms with Crippen molar-refractivity contribution in [1.82, 2.24) is 4.90 Å². The number of anilines is 2. The average Bonchev–Trinajstić information content (AvgIpc) is 2.50. The first kappa shape index (κ1) is 14.6. The van der Waals surface area contributed by atoms with Crippen molar-refractivity contribution in [2.75, 3.05) is 24.6 Å². The summed E-state index contributed by atoms with van der Waals surface area (Å²) in [6.45, 7) is 3.33. The van der Waals surface area contributed by atoms with E-state index >= 15 is 0 Å². The normalized spacial score (nSPS) is 14.5. The molecule has 1 amide bonds. The third-order valence-electron chi connectivity index (χ3n) is 4.14. The van der Waals surface area contributed by atoms with Crippen LogP contribution < -0.4 is 11.1 Å². The molecule has 0 saturated carbocycles. The maximum atomic E-state index is 11.5. The number of benzene rings is 2. The zero-order valence-corrected chi connectivity index (χ0v) is 13.0. The summed E-state index contributed by atoms with van der Waals surface area (Å²) >= 11 is 0. The van der Waals surface area contributed by atoms with E-state index in [1.807, 2.05) is 24.3 Å². The van der Waals surface area contributed by atoms with E-state index in [0.29, 0.717) is 5.69 Å². The van der Waals surface area contributed by atoms with Gasteiger partial charge in [0.25, 0.3) is 0 Å². The smallest absolute Gasteiger partial charge is 0.221 e. The summed E-state index contributed by atoms with van der Waals surface area (Å²) < 4.78 is 0. The number of nitrogen functional groups attached to an aromatic ring is 1. The highest BCUT2D eigenvalue weighted by atomic mass is 16.1. The van der Waals surface area contributed by atoms with Crippen LogP contribution >= 0.6 is 0 Å². The number of hydrogen-bond acceptors (Lipinski definition) is 3. The molecule has 2 aromatic carbocycles. The summed E-state index contributed by atoms with van der Waals surface area (Å²) in [5, 5.41) is 2.91. The minimum absolute atomic E-state index is 0.0883. The Hall–Kier alpha value is -2.33. The zero-order valence-electron chi connectivity index (χ0n) is 13.0. The van der Waals surface area contributed by atoms with E-state index in [1.54, 1.807) is 0 Å². The largest absolute Gasteiger partial charge is 0.397 e. The standard InChI is InChI=1S/C18H21N3O/c1-12(22)20-18-16-11-21(2)9-8-14(16)15(10-17(18)19)13-6-4-3-5-7-13/h3-7,10H,8-9,11,19H2,1-2H3,(H,20,22). The molecule has 4 heteroatoms. The molecular weight excluding hydrogens is 274 g/mol. The molecule has 0 spiro atoms. The number of rotatable bonds is 2. The van der Waals surface area contributed by atoms with Crippen molar-refractivity contribution < 1.29 is 4.79 Å². The summed E-state index contributed by atoms with van der Waals surface area (Å²) in [6.07, 6.45) is 0.961. The van der Waals surface area contributed by atoms with E-state index in [4.69, 9.17) is 5.73 Å². The van der Waals surface area contributed by atoms with Crippen molar-refractivity contribution in [2.24, 2.45) is 0 Å². The number of carbonyl (C=O) groups excluding carboxylic acids is 1. The molecule has 0 aliphatic carbocycles. The fourth-order valence-electron chi connectivity index (χ4n) is 3.11. The summed E-state index contributed by atoms with van der Waals surface area (Å²) in [5.41, 5.74) is 12.4. The number of likely N-dealkylation sites (N-methyl/N-ethyl adjacent to an activating group) is 1. The minimum Gasteiger partial charge on any atom is -0.397 e. The number of fused-ring (bicyclic) bond motifs is 1. The predicted molar refractivity (Wildman–Crippen MR) is 90.6 cm³/mol. The maximum absolute atomic E-state index is 11.5. The van der Waals surface area contributed by atoms with Gasteiger partial charge in [-0.1, -0.05) is 30.3 Å². The van der Waals surface area contributed by atoms with Gasteiger partial charge in [0.15, 0.2) is 0 Å². The van der Waals surface area contributed by atoms with Gasteiger partial charge < -0.3 is 16.0 Å². The van der Waals surface area contributed by atoms with Crippen LogP contribution in [-0.4, -0.2) is 24.4 Å². The van der Waals surface area contributed by atoms with Crippen LogP contribution in [0.4, 0.5) is 11.4 Å². The van der Waals surface area contributed by atoms with Gasteiger partial charge in [0.05, 0.1) is 11.4 Å². The van der Waals surface area contributed by atoms with Crippen LogP contribution in [0.3, 0.4) is 0 Å². The molecule has 0 unspecified atom stereocenters. The van der Waals surface area contributed by atoms with E-state index in [0.717, 1.165) is 30.8 Å². The second-order valence-corrected chi connectivity index (χ2v) is 5.88. The maximum Gasteiger partial charge on any atom is 0.221 e. The van der Waals surface area contributed by atoms with Gasteiger partial charge in [0.2, 0.25) is 5.91 Å². The van der Waals surface area contributed by atoms with Gasteiger partial charge in [0, 0.05) is 20.0 Å². The molecule has 0 bridgehead atoms. The highest BCUT2D eigenvalue weighted by Gasteiger charge is 2.23. The number of nitrogens with one attached hydrogen (secondary N) is 1. The fourth-order valence-corrected chi connectivity index (χ4v) is 3.11. The Bertz CT molecular complexity index is 710. The topological polar surface area (TPSA) is 58.4 Å². The van der Waals surface area contributed by atoms with Crippen LogP contribution in [0, 0.1) is 0 Å². The van der Waals surface area contributed by atoms with Gasteiger partial charge in [-0.3, -0.25) is 4.79 Å². The fraction of sp³-hybridized carbons (Fsp3) is 0.278. The van der Waals surface area contributed by atoms with Crippen LogP contribution in [0.15, 0.2) is 36.4 Å². The molecule has 2 aromatic rings. The SMILES string of the molecule is CC(=O)Nc1c(N)cc(-c2ccccc2)c2c1CN(C)CC2. The van der Waals surface area contributed by atoms with Crippen molar-refractivity contribution in [3.63, 3.8) is 0 Å². The summed E-state index contributed by atoms with van der Waals surface area (Å²) in [5.74, 6) is -0.0883. The van der Waals surface area contributed by atoms with E-state index in [-0.39, 0.29) is 5.91 Å². The van der Waals surface area contributed by atoms with Crippen LogP contribution in [-0.2, 0) is 17.8 Å². The molecule has 3 rings (SSSR count). The second kappa shape index (κ2) is 5.81. The second-order valence-electron chi connectivity index (χ2n) is 5.88. The zero-order chi connectivity index (χ0) is 15.7. The molecule has 3 N–H and O–H groups in total. The third-order valence-corrected chi connectivity index (χ3v) is 4.14. The van der Waals surface area contributed by atoms with Gasteiger partial charge in [0.1, 0.15) is 0 Å². The Morgan fingerprint density at radius 1 is 1.23 bits per heavy atom. The lowest BCUT2D eigenvalue weighted by Crippen LogP contribution is -2.28. The molecule has 1 aliphatic heterocycles. The summed E-state index contributed by atoms with van der Waals surface area (Å²) in [7, 11) is 2.09. The Morgan fingerprint density at radius 2 is 1.95 bits per heavy atom. The predicted octanol–water partition coefficient (Wildman–Crippen LogP) is 2.88. The van der Waals surface area contributed by atoms with Gasteiger partial charge in [-0.25, -0.2) is 0 Å². The van der Waals surface area contributed by atoms with E-state index in [9.17, 15) is 4.79 Å². The Kier molecular flexibility index (Phi) is 3.86. The molecule has 4 nitrogen and oxygen atoms in total. The van der Waals surface area contributed by atoms with Crippen LogP contribution in [0.1, 0.15) is 18.1 Å². The molecule has 0 fully saturated rings. The molecule has 0 aromatic heterocycles. The Labute approximate surface area is 130 Å².